The first-order chi connectivity index (χ1) is 17.8. The number of benzene rings is 1. The fourth-order valence-corrected chi connectivity index (χ4v) is 4.11. The molecule has 1 N–H and O–H groups in total. The standard InChI is InChI=1S/C24H27F4N3OS.2C2H6/c1-3-4-5-7-16(2)11-13-32-20-10-9-18(14-19(20)24(26,27)28)30-23-31-21(22(25)33-23)17-8-6-12-29-15-17;2*1-2/h6,8-10,12,14-16H,3-5,7,11,13H2,1-2H3,(H,30,31);2*1-2H3/t16-;;/m1../s1. The second-order valence-electron chi connectivity index (χ2n) is 7.95. The van der Waals surface area contributed by atoms with Gasteiger partial charge in [-0.1, -0.05) is 78.6 Å². The van der Waals surface area contributed by atoms with Gasteiger partial charge in [-0.05, 0) is 42.7 Å². The summed E-state index contributed by atoms with van der Waals surface area (Å²) < 4.78 is 60.8. The highest BCUT2D eigenvalue weighted by atomic mass is 32.1. The molecule has 0 unspecified atom stereocenters. The Bertz CT molecular complexity index is 1030. The van der Waals surface area contributed by atoms with Crippen LogP contribution in [0.15, 0.2) is 42.7 Å². The van der Waals surface area contributed by atoms with E-state index < -0.39 is 16.9 Å². The molecule has 0 amide bonds. The third-order valence-corrected chi connectivity index (χ3v) is 5.98. The lowest BCUT2D eigenvalue weighted by Gasteiger charge is -2.17. The largest absolute Gasteiger partial charge is 0.493 e. The van der Waals surface area contributed by atoms with Gasteiger partial charge in [0.2, 0.25) is 5.13 Å². The second-order valence-corrected chi connectivity index (χ2v) is 8.90. The van der Waals surface area contributed by atoms with Crippen LogP contribution in [0.4, 0.5) is 28.4 Å². The first kappa shape index (κ1) is 32.3. The second kappa shape index (κ2) is 16.9. The molecule has 3 rings (SSSR count). The van der Waals surface area contributed by atoms with Gasteiger partial charge >= 0.3 is 6.18 Å². The van der Waals surface area contributed by atoms with Crippen LogP contribution < -0.4 is 10.1 Å². The van der Waals surface area contributed by atoms with Crippen molar-refractivity contribution >= 4 is 22.2 Å². The number of alkyl halides is 3. The molecule has 1 atom stereocenters. The molecule has 0 saturated carbocycles. The van der Waals surface area contributed by atoms with E-state index in [2.05, 4.69) is 29.1 Å². The molecule has 2 heterocycles. The number of unbranched alkanes of at least 4 members (excludes halogenated alkanes) is 2. The molecule has 0 aliphatic rings. The summed E-state index contributed by atoms with van der Waals surface area (Å²) in [5.74, 6) is 0.177. The zero-order valence-electron chi connectivity index (χ0n) is 22.6. The molecular formula is C28H39F4N3OS. The molecule has 0 spiro atoms. The summed E-state index contributed by atoms with van der Waals surface area (Å²) in [5, 5.41) is 2.37. The SMILES string of the molecule is CC.CC.CCCCC[C@@H](C)CCOc1ccc(Nc2nc(-c3cccnc3)c(F)s2)cc1C(F)(F)F. The maximum Gasteiger partial charge on any atom is 0.420 e. The van der Waals surface area contributed by atoms with E-state index in [4.69, 9.17) is 4.74 Å². The zero-order chi connectivity index (χ0) is 27.8. The van der Waals surface area contributed by atoms with Gasteiger partial charge in [0.25, 0.3) is 0 Å². The highest BCUT2D eigenvalue weighted by molar-refractivity contribution is 7.14. The Labute approximate surface area is 222 Å². The lowest BCUT2D eigenvalue weighted by molar-refractivity contribution is -0.138. The number of halogens is 4. The quantitative estimate of drug-likeness (QED) is 0.194. The summed E-state index contributed by atoms with van der Waals surface area (Å²) in [5.41, 5.74) is -0.146. The molecule has 9 heteroatoms. The minimum Gasteiger partial charge on any atom is -0.493 e. The van der Waals surface area contributed by atoms with Gasteiger partial charge in [-0.25, -0.2) is 4.98 Å². The van der Waals surface area contributed by atoms with E-state index in [0.717, 1.165) is 43.1 Å². The van der Waals surface area contributed by atoms with Gasteiger partial charge in [-0.2, -0.15) is 17.6 Å². The van der Waals surface area contributed by atoms with Crippen LogP contribution in [0.5, 0.6) is 5.75 Å². The highest BCUT2D eigenvalue weighted by Gasteiger charge is 2.35. The van der Waals surface area contributed by atoms with Crippen LogP contribution in [-0.4, -0.2) is 16.6 Å². The van der Waals surface area contributed by atoms with E-state index in [-0.39, 0.29) is 28.9 Å². The summed E-state index contributed by atoms with van der Waals surface area (Å²) in [4.78, 5) is 8.11. The number of nitrogens with one attached hydrogen (secondary N) is 1. The average molecular weight is 542 g/mol. The van der Waals surface area contributed by atoms with Crippen molar-refractivity contribution in [1.82, 2.24) is 9.97 Å². The molecule has 0 fully saturated rings. The Kier molecular flexibility index (Phi) is 14.8. The maximum atomic E-state index is 14.3. The summed E-state index contributed by atoms with van der Waals surface area (Å²) in [6.07, 6.45) is 3.58. The summed E-state index contributed by atoms with van der Waals surface area (Å²) in [7, 11) is 0. The molecule has 2 aromatic heterocycles. The van der Waals surface area contributed by atoms with Crippen molar-refractivity contribution in [2.45, 2.75) is 79.8 Å². The monoisotopic (exact) mass is 541 g/mol. The van der Waals surface area contributed by atoms with Crippen LogP contribution >= 0.6 is 11.3 Å². The van der Waals surface area contributed by atoms with Crippen molar-refractivity contribution in [3.63, 3.8) is 0 Å². The Morgan fingerprint density at radius 1 is 1.05 bits per heavy atom. The van der Waals surface area contributed by atoms with Gasteiger partial charge < -0.3 is 10.1 Å². The Morgan fingerprint density at radius 3 is 2.41 bits per heavy atom. The van der Waals surface area contributed by atoms with Crippen LogP contribution in [0.2, 0.25) is 0 Å². The third-order valence-electron chi connectivity index (χ3n) is 5.23. The van der Waals surface area contributed by atoms with Gasteiger partial charge in [0.05, 0.1) is 12.2 Å². The number of ether oxygens (including phenoxy) is 1. The lowest BCUT2D eigenvalue weighted by Crippen LogP contribution is -2.11. The third kappa shape index (κ3) is 10.7. The van der Waals surface area contributed by atoms with Crippen LogP contribution in [0.1, 0.15) is 79.2 Å². The Morgan fingerprint density at radius 2 is 1.78 bits per heavy atom. The number of rotatable bonds is 11. The first-order valence-electron chi connectivity index (χ1n) is 13.0. The summed E-state index contributed by atoms with van der Waals surface area (Å²) >= 11 is 0.717. The summed E-state index contributed by atoms with van der Waals surface area (Å²) in [6.45, 7) is 12.4. The van der Waals surface area contributed by atoms with Gasteiger partial charge in [0, 0.05) is 23.6 Å². The van der Waals surface area contributed by atoms with E-state index >= 15 is 0 Å². The number of thiazole rings is 1. The normalized spacial score (nSPS) is 11.5. The van der Waals surface area contributed by atoms with E-state index in [1.165, 1.54) is 18.3 Å². The molecule has 0 bridgehead atoms. The molecular weight excluding hydrogens is 502 g/mol. The molecule has 0 aliphatic heterocycles. The molecule has 37 heavy (non-hydrogen) atoms. The van der Waals surface area contributed by atoms with Gasteiger partial charge in [0.15, 0.2) is 5.13 Å². The molecule has 1 aromatic carbocycles. The van der Waals surface area contributed by atoms with Crippen molar-refractivity contribution in [3.8, 4) is 17.0 Å². The van der Waals surface area contributed by atoms with Crippen LogP contribution in [-0.2, 0) is 6.18 Å². The number of hydrogen-bond donors (Lipinski definition) is 1. The van der Waals surface area contributed by atoms with Crippen LogP contribution in [0.3, 0.4) is 0 Å². The van der Waals surface area contributed by atoms with Crippen molar-refractivity contribution < 1.29 is 22.3 Å². The van der Waals surface area contributed by atoms with Crippen molar-refractivity contribution in [2.75, 3.05) is 11.9 Å². The van der Waals surface area contributed by atoms with Crippen LogP contribution in [0.25, 0.3) is 11.3 Å². The smallest absolute Gasteiger partial charge is 0.420 e. The fourth-order valence-electron chi connectivity index (χ4n) is 3.37. The van der Waals surface area contributed by atoms with Crippen molar-refractivity contribution in [1.29, 1.82) is 0 Å². The Balaban J connectivity index is 0.00000163. The predicted octanol–water partition coefficient (Wildman–Crippen LogP) is 10.1. The van der Waals surface area contributed by atoms with Crippen molar-refractivity contribution in [2.24, 2.45) is 5.92 Å². The number of anilines is 2. The van der Waals surface area contributed by atoms with E-state index in [1.54, 1.807) is 18.3 Å². The molecule has 3 aromatic rings. The maximum absolute atomic E-state index is 14.3. The van der Waals surface area contributed by atoms with Gasteiger partial charge in [-0.15, -0.1) is 0 Å². The highest BCUT2D eigenvalue weighted by Crippen LogP contribution is 2.39. The minimum absolute atomic E-state index is 0.0969. The molecule has 0 saturated heterocycles. The topological polar surface area (TPSA) is 47.0 Å². The number of hydrogen-bond acceptors (Lipinski definition) is 5. The van der Waals surface area contributed by atoms with Gasteiger partial charge in [0.1, 0.15) is 11.4 Å². The predicted molar refractivity (Wildman–Crippen MR) is 146 cm³/mol. The van der Waals surface area contributed by atoms with E-state index in [9.17, 15) is 17.6 Å². The fraction of sp³-hybridized carbons (Fsp3) is 0.500. The van der Waals surface area contributed by atoms with E-state index in [1.807, 2.05) is 27.7 Å². The lowest BCUT2D eigenvalue weighted by atomic mass is 10.0. The molecule has 4 nitrogen and oxygen atoms in total. The van der Waals surface area contributed by atoms with Crippen molar-refractivity contribution in [3.05, 3.63) is 53.4 Å². The Hall–Kier alpha value is -2.68. The zero-order valence-corrected chi connectivity index (χ0v) is 23.4. The minimum atomic E-state index is -4.59. The summed E-state index contributed by atoms with van der Waals surface area (Å²) in [6, 6.07) is 7.04. The van der Waals surface area contributed by atoms with Gasteiger partial charge in [-0.3, -0.25) is 4.98 Å². The molecule has 0 aliphatic carbocycles. The van der Waals surface area contributed by atoms with Crippen LogP contribution in [0, 0.1) is 11.0 Å². The first-order valence-corrected chi connectivity index (χ1v) is 13.8. The molecule has 206 valence electrons. The average Bonchev–Trinajstić information content (AvgIpc) is 3.27. The number of aromatic nitrogens is 2. The number of pyridine rings is 1. The number of nitrogens with zero attached hydrogens (tertiary/aromatic N) is 2. The molecule has 0 radical (unpaired) electrons. The van der Waals surface area contributed by atoms with E-state index in [0.29, 0.717) is 17.9 Å².